The van der Waals surface area contributed by atoms with Gasteiger partial charge in [-0.15, -0.1) is 0 Å². The smallest absolute Gasteiger partial charge is 0.272 e. The van der Waals surface area contributed by atoms with E-state index in [2.05, 4.69) is 15.5 Å². The van der Waals surface area contributed by atoms with Gasteiger partial charge in [0.1, 0.15) is 0 Å². The number of aromatic amines is 1. The van der Waals surface area contributed by atoms with E-state index >= 15 is 0 Å². The van der Waals surface area contributed by atoms with E-state index in [0.29, 0.717) is 17.3 Å². The molecule has 0 aliphatic carbocycles. The summed E-state index contributed by atoms with van der Waals surface area (Å²) in [5, 5.41) is 9.41. The molecular weight excluding hydrogens is 272 g/mol. The molecule has 0 aliphatic rings. The van der Waals surface area contributed by atoms with Crippen LogP contribution < -0.4 is 10.9 Å². The topological polar surface area (TPSA) is 95.2 Å². The summed E-state index contributed by atoms with van der Waals surface area (Å²) in [5.41, 5.74) is -0.263. The molecule has 0 saturated heterocycles. The molecule has 2 amide bonds. The summed E-state index contributed by atoms with van der Waals surface area (Å²) >= 11 is 0. The Morgan fingerprint density at radius 1 is 1.29 bits per heavy atom. The highest BCUT2D eigenvalue weighted by atomic mass is 16.2. The Balaban J connectivity index is 2.23. The third kappa shape index (κ3) is 3.07. The van der Waals surface area contributed by atoms with Crippen molar-refractivity contribution in [3.63, 3.8) is 0 Å². The number of carbonyl (C=O) groups is 2. The minimum Gasteiger partial charge on any atom is -0.345 e. The minimum absolute atomic E-state index is 0.0946. The van der Waals surface area contributed by atoms with Crippen LogP contribution in [0.5, 0.6) is 0 Å². The van der Waals surface area contributed by atoms with E-state index in [4.69, 9.17) is 0 Å². The normalized spacial score (nSPS) is 10.4. The Bertz CT molecular complexity index is 738. The third-order valence-electron chi connectivity index (χ3n) is 3.21. The summed E-state index contributed by atoms with van der Waals surface area (Å²) in [6.07, 6.45) is 0. The van der Waals surface area contributed by atoms with Crippen LogP contribution >= 0.6 is 0 Å². The molecule has 0 bridgehead atoms. The number of likely N-dealkylation sites (N-methyl/N-ethyl adjacent to an activating group) is 1. The number of H-pyrrole nitrogens is 1. The van der Waals surface area contributed by atoms with E-state index in [1.165, 1.54) is 4.90 Å². The highest BCUT2D eigenvalue weighted by Gasteiger charge is 2.15. The van der Waals surface area contributed by atoms with Crippen LogP contribution in [0.15, 0.2) is 29.1 Å². The van der Waals surface area contributed by atoms with Gasteiger partial charge in [0.2, 0.25) is 5.91 Å². The van der Waals surface area contributed by atoms with Gasteiger partial charge < -0.3 is 10.2 Å². The maximum absolute atomic E-state index is 12.1. The van der Waals surface area contributed by atoms with Gasteiger partial charge in [-0.1, -0.05) is 18.2 Å². The molecule has 2 aromatic rings. The molecule has 0 fully saturated rings. The Labute approximate surface area is 121 Å². The number of nitrogens with zero attached hydrogens (tertiary/aromatic N) is 2. The zero-order chi connectivity index (χ0) is 15.4. The predicted molar refractivity (Wildman–Crippen MR) is 78.0 cm³/mol. The summed E-state index contributed by atoms with van der Waals surface area (Å²) in [7, 11) is 1.65. The lowest BCUT2D eigenvalue weighted by atomic mass is 10.1. The van der Waals surface area contributed by atoms with Crippen LogP contribution in [0.4, 0.5) is 0 Å². The first-order chi connectivity index (χ1) is 10.0. The number of benzene rings is 1. The number of aromatic nitrogens is 2. The molecule has 0 atom stereocenters. The molecule has 0 spiro atoms. The number of hydrogen-bond acceptors (Lipinski definition) is 4. The Morgan fingerprint density at radius 2 is 1.95 bits per heavy atom. The van der Waals surface area contributed by atoms with Crippen molar-refractivity contribution in [1.29, 1.82) is 0 Å². The van der Waals surface area contributed by atoms with Crippen LogP contribution in [0.25, 0.3) is 10.8 Å². The average molecular weight is 288 g/mol. The molecule has 1 heterocycles. The van der Waals surface area contributed by atoms with E-state index in [9.17, 15) is 14.4 Å². The molecule has 110 valence electrons. The summed E-state index contributed by atoms with van der Waals surface area (Å²) < 4.78 is 0. The van der Waals surface area contributed by atoms with Crippen molar-refractivity contribution in [3.05, 3.63) is 40.3 Å². The molecule has 0 aliphatic heterocycles. The van der Waals surface area contributed by atoms with Crippen molar-refractivity contribution >= 4 is 22.6 Å². The molecule has 1 aromatic carbocycles. The van der Waals surface area contributed by atoms with Crippen molar-refractivity contribution in [3.8, 4) is 0 Å². The number of fused-ring (bicyclic) bond motifs is 1. The molecule has 0 radical (unpaired) electrons. The number of rotatable bonds is 4. The van der Waals surface area contributed by atoms with Crippen molar-refractivity contribution in [2.75, 3.05) is 20.1 Å². The monoisotopic (exact) mass is 288 g/mol. The lowest BCUT2D eigenvalue weighted by Crippen LogP contribution is -2.38. The molecule has 2 rings (SSSR count). The van der Waals surface area contributed by atoms with Gasteiger partial charge in [-0.25, -0.2) is 5.10 Å². The van der Waals surface area contributed by atoms with Crippen LogP contribution in [0.1, 0.15) is 17.4 Å². The molecule has 7 nitrogen and oxygen atoms in total. The summed E-state index contributed by atoms with van der Waals surface area (Å²) in [6.45, 7) is 2.30. The van der Waals surface area contributed by atoms with E-state index in [1.54, 1.807) is 31.3 Å². The Morgan fingerprint density at radius 3 is 2.62 bits per heavy atom. The zero-order valence-electron chi connectivity index (χ0n) is 11.8. The second-order valence-corrected chi connectivity index (χ2v) is 4.54. The molecule has 7 heteroatoms. The van der Waals surface area contributed by atoms with Crippen molar-refractivity contribution < 1.29 is 9.59 Å². The van der Waals surface area contributed by atoms with Gasteiger partial charge in [-0.3, -0.25) is 14.4 Å². The van der Waals surface area contributed by atoms with Crippen LogP contribution in [0.2, 0.25) is 0 Å². The van der Waals surface area contributed by atoms with Gasteiger partial charge in [0.15, 0.2) is 5.69 Å². The van der Waals surface area contributed by atoms with Crippen LogP contribution in [0.3, 0.4) is 0 Å². The lowest BCUT2D eigenvalue weighted by molar-refractivity contribution is -0.128. The first-order valence-corrected chi connectivity index (χ1v) is 6.54. The van der Waals surface area contributed by atoms with Gasteiger partial charge in [0.05, 0.1) is 11.9 Å². The number of nitrogens with one attached hydrogen (secondary N) is 2. The third-order valence-corrected chi connectivity index (χ3v) is 3.21. The van der Waals surface area contributed by atoms with Crippen LogP contribution in [-0.2, 0) is 4.79 Å². The average Bonchev–Trinajstić information content (AvgIpc) is 2.52. The number of amides is 2. The second-order valence-electron chi connectivity index (χ2n) is 4.54. The van der Waals surface area contributed by atoms with E-state index in [1.807, 2.05) is 6.92 Å². The van der Waals surface area contributed by atoms with Gasteiger partial charge in [0, 0.05) is 19.0 Å². The van der Waals surface area contributed by atoms with Crippen molar-refractivity contribution in [2.45, 2.75) is 6.92 Å². The summed E-state index contributed by atoms with van der Waals surface area (Å²) in [5.74, 6) is -0.695. The Kier molecular flexibility index (Phi) is 4.32. The quantitative estimate of drug-likeness (QED) is 0.836. The van der Waals surface area contributed by atoms with Gasteiger partial charge >= 0.3 is 0 Å². The Hall–Kier alpha value is -2.70. The summed E-state index contributed by atoms with van der Waals surface area (Å²) in [4.78, 5) is 36.9. The van der Waals surface area contributed by atoms with Crippen LogP contribution in [-0.4, -0.2) is 47.0 Å². The molecule has 21 heavy (non-hydrogen) atoms. The first kappa shape index (κ1) is 14.7. The van der Waals surface area contributed by atoms with E-state index in [-0.39, 0.29) is 23.7 Å². The maximum Gasteiger partial charge on any atom is 0.272 e. The summed E-state index contributed by atoms with van der Waals surface area (Å²) in [6, 6.07) is 6.68. The van der Waals surface area contributed by atoms with Crippen molar-refractivity contribution in [1.82, 2.24) is 20.4 Å². The molecule has 0 saturated carbocycles. The standard InChI is InChI=1S/C14H16N4O3/c1-3-18(2)11(19)8-15-14(21)12-9-6-4-5-7-10(9)13(20)17-16-12/h4-7H,3,8H2,1-2H3,(H,15,21)(H,17,20). The molecule has 1 aromatic heterocycles. The fraction of sp³-hybridized carbons (Fsp3) is 0.286. The minimum atomic E-state index is -0.500. The van der Waals surface area contributed by atoms with Gasteiger partial charge in [-0.05, 0) is 13.0 Å². The van der Waals surface area contributed by atoms with E-state index < -0.39 is 5.91 Å². The fourth-order valence-electron chi connectivity index (χ4n) is 1.84. The highest BCUT2D eigenvalue weighted by Crippen LogP contribution is 2.11. The number of carbonyl (C=O) groups excluding carboxylic acids is 2. The predicted octanol–water partition coefficient (Wildman–Crippen LogP) is 0.131. The first-order valence-electron chi connectivity index (χ1n) is 6.54. The fourth-order valence-corrected chi connectivity index (χ4v) is 1.84. The van der Waals surface area contributed by atoms with Crippen LogP contribution in [0, 0.1) is 0 Å². The zero-order valence-corrected chi connectivity index (χ0v) is 11.8. The maximum atomic E-state index is 12.1. The molecule has 0 unspecified atom stereocenters. The van der Waals surface area contributed by atoms with Gasteiger partial charge in [-0.2, -0.15) is 5.10 Å². The SMILES string of the molecule is CCN(C)C(=O)CNC(=O)c1n[nH]c(=O)c2ccccc12. The molecular formula is C14H16N4O3. The highest BCUT2D eigenvalue weighted by molar-refractivity contribution is 6.05. The number of hydrogen-bond donors (Lipinski definition) is 2. The largest absolute Gasteiger partial charge is 0.345 e. The van der Waals surface area contributed by atoms with E-state index in [0.717, 1.165) is 0 Å². The molecule has 2 N–H and O–H groups in total. The lowest BCUT2D eigenvalue weighted by Gasteiger charge is -2.14. The second kappa shape index (κ2) is 6.17. The van der Waals surface area contributed by atoms with Gasteiger partial charge in [0.25, 0.3) is 11.5 Å². The van der Waals surface area contributed by atoms with Crippen molar-refractivity contribution in [2.24, 2.45) is 0 Å².